The Morgan fingerprint density at radius 2 is 1.64 bits per heavy atom. The summed E-state index contributed by atoms with van der Waals surface area (Å²) >= 11 is 0. The topological polar surface area (TPSA) is 66.4 Å². The van der Waals surface area contributed by atoms with E-state index < -0.39 is 16.3 Å². The second-order valence-electron chi connectivity index (χ2n) is 7.54. The van der Waals surface area contributed by atoms with E-state index in [-0.39, 0.29) is 6.42 Å². The smallest absolute Gasteiger partial charge is 0.379 e. The van der Waals surface area contributed by atoms with Crippen LogP contribution >= 0.6 is 0 Å². The van der Waals surface area contributed by atoms with Crippen LogP contribution in [0.4, 0.5) is 0 Å². The third-order valence-electron chi connectivity index (χ3n) is 4.97. The molecule has 0 bridgehead atoms. The van der Waals surface area contributed by atoms with Crippen LogP contribution in [-0.4, -0.2) is 35.9 Å². The average Bonchev–Trinajstić information content (AvgIpc) is 3.08. The molecule has 0 saturated heterocycles. The standard InChI is InChI=1S/C21H38N3O3S/c1-5-7-8-9-10-11-12-13-14-15-17-23-18-19-24(28(26,27)22(3)4)21(23)20(25)16-6-2/h2,18-20,25H,5,7-17H2,1,3-4H3/q+1. The highest BCUT2D eigenvalue weighted by Crippen LogP contribution is 2.17. The van der Waals surface area contributed by atoms with Gasteiger partial charge in [-0.2, -0.15) is 12.7 Å². The molecule has 0 fully saturated rings. The Hall–Kier alpha value is -1.36. The van der Waals surface area contributed by atoms with Crippen molar-refractivity contribution >= 4 is 10.2 Å². The van der Waals surface area contributed by atoms with Crippen LogP contribution in [0, 0.1) is 12.3 Å². The predicted molar refractivity (Wildman–Crippen MR) is 113 cm³/mol. The van der Waals surface area contributed by atoms with E-state index in [0.29, 0.717) is 12.4 Å². The highest BCUT2D eigenvalue weighted by Gasteiger charge is 2.33. The van der Waals surface area contributed by atoms with Gasteiger partial charge in [-0.05, 0) is 12.8 Å². The van der Waals surface area contributed by atoms with Gasteiger partial charge in [0.2, 0.25) is 0 Å². The summed E-state index contributed by atoms with van der Waals surface area (Å²) in [5.74, 6) is 2.74. The molecule has 0 aliphatic rings. The molecular weight excluding hydrogens is 374 g/mol. The molecule has 6 nitrogen and oxygen atoms in total. The Balaban J connectivity index is 2.57. The van der Waals surface area contributed by atoms with Crippen LogP contribution in [0.25, 0.3) is 0 Å². The SMILES string of the molecule is C#CCC(O)c1n(S(=O)(=O)N(C)C)cc[n+]1CCCCCCCCCCCC. The molecule has 7 heteroatoms. The largest absolute Gasteiger partial charge is 0.380 e. The molecule has 1 rings (SSSR count). The van der Waals surface area contributed by atoms with Gasteiger partial charge in [-0.1, -0.05) is 58.3 Å². The van der Waals surface area contributed by atoms with E-state index in [2.05, 4.69) is 12.8 Å². The summed E-state index contributed by atoms with van der Waals surface area (Å²) in [6, 6.07) is 0. The number of hydrogen-bond donors (Lipinski definition) is 1. The quantitative estimate of drug-likeness (QED) is 0.273. The summed E-state index contributed by atoms with van der Waals surface area (Å²) in [4.78, 5) is 0. The van der Waals surface area contributed by atoms with Crippen molar-refractivity contribution in [1.82, 2.24) is 8.28 Å². The molecule has 160 valence electrons. The van der Waals surface area contributed by atoms with Crippen LogP contribution in [0.1, 0.15) is 89.5 Å². The first-order valence-corrected chi connectivity index (χ1v) is 11.9. The van der Waals surface area contributed by atoms with Gasteiger partial charge in [-0.15, -0.1) is 16.3 Å². The first-order chi connectivity index (χ1) is 13.4. The van der Waals surface area contributed by atoms with Crippen molar-refractivity contribution in [3.63, 3.8) is 0 Å². The first kappa shape index (κ1) is 24.7. The summed E-state index contributed by atoms with van der Waals surface area (Å²) in [5, 5.41) is 10.4. The van der Waals surface area contributed by atoms with Crippen molar-refractivity contribution in [1.29, 1.82) is 0 Å². The van der Waals surface area contributed by atoms with Gasteiger partial charge in [0.05, 0.1) is 6.54 Å². The highest BCUT2D eigenvalue weighted by molar-refractivity contribution is 7.87. The van der Waals surface area contributed by atoms with Crippen molar-refractivity contribution in [3.8, 4) is 12.3 Å². The zero-order valence-corrected chi connectivity index (χ0v) is 18.6. The molecule has 28 heavy (non-hydrogen) atoms. The number of nitrogens with zero attached hydrogens (tertiary/aromatic N) is 3. The maximum Gasteiger partial charge on any atom is 0.379 e. The molecule has 1 aromatic heterocycles. The van der Waals surface area contributed by atoms with Crippen LogP contribution in [-0.2, 0) is 16.8 Å². The number of rotatable bonds is 15. The number of aliphatic hydroxyl groups excluding tert-OH is 1. The van der Waals surface area contributed by atoms with Gasteiger partial charge < -0.3 is 5.11 Å². The normalized spacial score (nSPS) is 13.0. The molecule has 0 aliphatic carbocycles. The number of aryl methyl sites for hydroxylation is 1. The summed E-state index contributed by atoms with van der Waals surface area (Å²) in [7, 11) is -0.759. The maximum absolute atomic E-state index is 12.5. The van der Waals surface area contributed by atoms with Crippen molar-refractivity contribution in [2.45, 2.75) is 90.2 Å². The van der Waals surface area contributed by atoms with Crippen molar-refractivity contribution in [2.75, 3.05) is 14.1 Å². The summed E-state index contributed by atoms with van der Waals surface area (Å²) in [6.45, 7) is 2.91. The molecule has 1 unspecified atom stereocenters. The van der Waals surface area contributed by atoms with Gasteiger partial charge in [-0.25, -0.2) is 4.57 Å². The molecular formula is C21H38N3O3S+. The molecule has 0 saturated carbocycles. The molecule has 0 aliphatic heterocycles. The van der Waals surface area contributed by atoms with E-state index in [9.17, 15) is 13.5 Å². The van der Waals surface area contributed by atoms with Gasteiger partial charge in [0.1, 0.15) is 12.4 Å². The van der Waals surface area contributed by atoms with Crippen LogP contribution in [0.15, 0.2) is 12.4 Å². The van der Waals surface area contributed by atoms with Crippen molar-refractivity contribution < 1.29 is 18.1 Å². The summed E-state index contributed by atoms with van der Waals surface area (Å²) in [5.41, 5.74) is 0. The molecule has 0 aromatic carbocycles. The Morgan fingerprint density at radius 3 is 2.14 bits per heavy atom. The van der Waals surface area contributed by atoms with Crippen molar-refractivity contribution in [3.05, 3.63) is 18.2 Å². The van der Waals surface area contributed by atoms with Gasteiger partial charge in [-0.3, -0.25) is 0 Å². The van der Waals surface area contributed by atoms with Crippen molar-refractivity contribution in [2.24, 2.45) is 0 Å². The van der Waals surface area contributed by atoms with Crippen LogP contribution < -0.4 is 4.57 Å². The lowest BCUT2D eigenvalue weighted by Crippen LogP contribution is -2.41. The molecule has 1 N–H and O–H groups in total. The third-order valence-corrected chi connectivity index (χ3v) is 6.70. The number of aliphatic hydroxyl groups is 1. The highest BCUT2D eigenvalue weighted by atomic mass is 32.2. The predicted octanol–water partition coefficient (Wildman–Crippen LogP) is 3.41. The fraction of sp³-hybridized carbons (Fsp3) is 0.762. The van der Waals surface area contributed by atoms with Crippen LogP contribution in [0.2, 0.25) is 0 Å². The Labute approximate surface area is 171 Å². The van der Waals surface area contributed by atoms with Gasteiger partial charge in [0, 0.05) is 20.5 Å². The Morgan fingerprint density at radius 1 is 1.11 bits per heavy atom. The summed E-state index contributed by atoms with van der Waals surface area (Å²) in [6.07, 6.45) is 20.0. The van der Waals surface area contributed by atoms with E-state index in [4.69, 9.17) is 6.42 Å². The van der Waals surface area contributed by atoms with E-state index in [1.54, 1.807) is 6.20 Å². The van der Waals surface area contributed by atoms with Crippen LogP contribution in [0.5, 0.6) is 0 Å². The number of unbranched alkanes of at least 4 members (excludes halogenated alkanes) is 9. The fourth-order valence-electron chi connectivity index (χ4n) is 3.29. The lowest BCUT2D eigenvalue weighted by Gasteiger charge is -2.12. The number of terminal acetylenes is 1. The molecule has 0 amide bonds. The second-order valence-corrected chi connectivity index (χ2v) is 9.56. The summed E-state index contributed by atoms with van der Waals surface area (Å²) < 4.78 is 29.1. The fourth-order valence-corrected chi connectivity index (χ4v) is 4.31. The second kappa shape index (κ2) is 13.0. The lowest BCUT2D eigenvalue weighted by atomic mass is 10.1. The zero-order valence-electron chi connectivity index (χ0n) is 17.8. The van der Waals surface area contributed by atoms with E-state index in [1.165, 1.54) is 71.7 Å². The minimum atomic E-state index is -3.70. The van der Waals surface area contributed by atoms with E-state index >= 15 is 0 Å². The number of aromatic nitrogens is 2. The third kappa shape index (κ3) is 7.57. The van der Waals surface area contributed by atoms with E-state index in [1.807, 2.05) is 4.57 Å². The lowest BCUT2D eigenvalue weighted by molar-refractivity contribution is -0.707. The molecule has 0 radical (unpaired) electrons. The molecule has 1 heterocycles. The molecule has 0 spiro atoms. The van der Waals surface area contributed by atoms with Gasteiger partial charge >= 0.3 is 16.0 Å². The monoisotopic (exact) mass is 412 g/mol. The Bertz CT molecular complexity index is 705. The minimum Gasteiger partial charge on any atom is -0.380 e. The first-order valence-electron chi connectivity index (χ1n) is 10.5. The maximum atomic E-state index is 12.5. The average molecular weight is 413 g/mol. The number of hydrogen-bond acceptors (Lipinski definition) is 3. The van der Waals surface area contributed by atoms with E-state index in [0.717, 1.165) is 21.1 Å². The van der Waals surface area contributed by atoms with Gasteiger partial charge in [0.15, 0.2) is 6.10 Å². The minimum absolute atomic E-state index is 0.0744. The Kier molecular flexibility index (Phi) is 11.4. The molecule has 1 aromatic rings. The van der Waals surface area contributed by atoms with Crippen LogP contribution in [0.3, 0.4) is 0 Å². The van der Waals surface area contributed by atoms with Gasteiger partial charge in [0.25, 0.3) is 0 Å². The number of imidazole rings is 1. The molecule has 1 atom stereocenters. The zero-order chi connectivity index (χ0) is 21.0.